The number of aryl methyl sites for hydroxylation is 2. The maximum atomic E-state index is 12.4. The number of hydrogen-bond acceptors (Lipinski definition) is 5. The summed E-state index contributed by atoms with van der Waals surface area (Å²) in [6, 6.07) is 5.86. The van der Waals surface area contributed by atoms with E-state index in [-0.39, 0.29) is 5.91 Å². The van der Waals surface area contributed by atoms with Crippen LogP contribution in [0.2, 0.25) is 0 Å². The third-order valence-corrected chi connectivity index (χ3v) is 5.71. The number of pyridine rings is 1. The molecule has 134 valence electrons. The Morgan fingerprint density at radius 2 is 2.28 bits per heavy atom. The lowest BCUT2D eigenvalue weighted by Gasteiger charge is -2.21. The third kappa shape index (κ3) is 5.09. The summed E-state index contributed by atoms with van der Waals surface area (Å²) in [5.74, 6) is 0.825. The highest BCUT2D eigenvalue weighted by Gasteiger charge is 2.26. The Labute approximate surface area is 153 Å². The molecule has 2 aromatic rings. The minimum absolute atomic E-state index is 0.258. The highest BCUT2D eigenvalue weighted by atomic mass is 32.1. The van der Waals surface area contributed by atoms with Gasteiger partial charge in [-0.2, -0.15) is 0 Å². The lowest BCUT2D eigenvalue weighted by molar-refractivity contribution is -0.130. The molecule has 6 heteroatoms. The molecule has 1 saturated heterocycles. The average molecular weight is 359 g/mol. The molecular weight excluding hydrogens is 332 g/mol. The van der Waals surface area contributed by atoms with Gasteiger partial charge < -0.3 is 9.80 Å². The second-order valence-corrected chi connectivity index (χ2v) is 7.81. The summed E-state index contributed by atoms with van der Waals surface area (Å²) in [7, 11) is 2.16. The molecular formula is C19H26N4OS. The van der Waals surface area contributed by atoms with Crippen molar-refractivity contribution in [3.63, 3.8) is 0 Å². The Hall–Kier alpha value is -1.79. The molecule has 1 amide bonds. The number of hydrogen-bond donors (Lipinski definition) is 0. The van der Waals surface area contributed by atoms with Crippen LogP contribution in [0, 0.1) is 12.8 Å². The molecule has 3 heterocycles. The minimum Gasteiger partial charge on any atom is -0.342 e. The summed E-state index contributed by atoms with van der Waals surface area (Å²) in [5, 5.41) is 0. The Kier molecular flexibility index (Phi) is 6.15. The van der Waals surface area contributed by atoms with Crippen LogP contribution in [0.25, 0.3) is 0 Å². The molecule has 3 rings (SSSR count). The molecule has 1 fully saturated rings. The van der Waals surface area contributed by atoms with Crippen LogP contribution in [0.5, 0.6) is 0 Å². The number of thiazole rings is 1. The van der Waals surface area contributed by atoms with Crippen LogP contribution >= 0.6 is 11.3 Å². The Balaban J connectivity index is 1.41. The van der Waals surface area contributed by atoms with Crippen LogP contribution < -0.4 is 0 Å². The predicted molar refractivity (Wildman–Crippen MR) is 100 cm³/mol. The zero-order chi connectivity index (χ0) is 17.6. The highest BCUT2D eigenvalue weighted by Crippen LogP contribution is 2.20. The van der Waals surface area contributed by atoms with Crippen molar-refractivity contribution < 1.29 is 4.79 Å². The van der Waals surface area contributed by atoms with Crippen molar-refractivity contribution in [2.24, 2.45) is 5.92 Å². The molecule has 1 aliphatic rings. The van der Waals surface area contributed by atoms with Crippen molar-refractivity contribution in [3.05, 3.63) is 46.2 Å². The van der Waals surface area contributed by atoms with E-state index in [1.54, 1.807) is 17.5 Å². The van der Waals surface area contributed by atoms with E-state index in [4.69, 9.17) is 0 Å². The van der Waals surface area contributed by atoms with E-state index in [2.05, 4.69) is 28.8 Å². The molecule has 0 radical (unpaired) electrons. The van der Waals surface area contributed by atoms with Crippen molar-refractivity contribution in [3.8, 4) is 0 Å². The first kappa shape index (κ1) is 18.0. The number of rotatable bonds is 7. The van der Waals surface area contributed by atoms with E-state index in [1.165, 1.54) is 4.88 Å². The average Bonchev–Trinajstić information content (AvgIpc) is 3.23. The second kappa shape index (κ2) is 8.54. The highest BCUT2D eigenvalue weighted by molar-refractivity contribution is 7.09. The molecule has 0 spiro atoms. The van der Waals surface area contributed by atoms with Crippen LogP contribution in [-0.4, -0.2) is 52.4 Å². The number of carbonyl (C=O) groups excluding carboxylic acids is 1. The molecule has 0 aromatic carbocycles. The van der Waals surface area contributed by atoms with Gasteiger partial charge in [-0.3, -0.25) is 9.78 Å². The summed E-state index contributed by atoms with van der Waals surface area (Å²) in [5.41, 5.74) is 4.04. The van der Waals surface area contributed by atoms with Gasteiger partial charge >= 0.3 is 0 Å². The van der Waals surface area contributed by atoms with Crippen molar-refractivity contribution >= 4 is 17.2 Å². The van der Waals surface area contributed by atoms with E-state index in [0.29, 0.717) is 12.3 Å². The zero-order valence-corrected chi connectivity index (χ0v) is 15.8. The number of carbonyl (C=O) groups is 1. The number of nitrogens with zero attached hydrogens (tertiary/aromatic N) is 4. The van der Waals surface area contributed by atoms with Crippen LogP contribution in [0.15, 0.2) is 29.9 Å². The quantitative estimate of drug-likeness (QED) is 0.764. The molecule has 25 heavy (non-hydrogen) atoms. The summed E-state index contributed by atoms with van der Waals surface area (Å²) in [6.07, 6.45) is 4.17. The van der Waals surface area contributed by atoms with E-state index >= 15 is 0 Å². The van der Waals surface area contributed by atoms with Gasteiger partial charge in [-0.25, -0.2) is 4.98 Å². The van der Waals surface area contributed by atoms with Crippen LogP contribution in [-0.2, 0) is 17.8 Å². The minimum atomic E-state index is 0.258. The Morgan fingerprint density at radius 1 is 1.40 bits per heavy atom. The summed E-state index contributed by atoms with van der Waals surface area (Å²) in [6.45, 7) is 5.81. The fourth-order valence-electron chi connectivity index (χ4n) is 3.38. The van der Waals surface area contributed by atoms with E-state index in [9.17, 15) is 4.79 Å². The lowest BCUT2D eigenvalue weighted by Crippen LogP contribution is -2.31. The molecule has 1 unspecified atom stereocenters. The molecule has 2 aromatic heterocycles. The first-order valence-electron chi connectivity index (χ1n) is 8.87. The third-order valence-electron chi connectivity index (χ3n) is 4.79. The summed E-state index contributed by atoms with van der Waals surface area (Å²) < 4.78 is 0. The van der Waals surface area contributed by atoms with Gasteiger partial charge in [0.25, 0.3) is 0 Å². The summed E-state index contributed by atoms with van der Waals surface area (Å²) >= 11 is 1.72. The molecule has 1 atom stereocenters. The van der Waals surface area contributed by atoms with Crippen molar-refractivity contribution in [1.29, 1.82) is 0 Å². The maximum absolute atomic E-state index is 12.4. The number of aromatic nitrogens is 2. The standard InChI is InChI=1S/C19H26N4OS/c1-15-18(25-14-21-15)13-22(2)11-16-8-10-23(12-16)19(24)7-6-17-5-3-4-9-20-17/h3-5,9,14,16H,6-8,10-13H2,1-2H3. The van der Waals surface area contributed by atoms with Gasteiger partial charge in [-0.15, -0.1) is 11.3 Å². The van der Waals surface area contributed by atoms with Crippen LogP contribution in [0.4, 0.5) is 0 Å². The van der Waals surface area contributed by atoms with Gasteiger partial charge in [-0.1, -0.05) is 6.07 Å². The van der Waals surface area contributed by atoms with Crippen LogP contribution in [0.3, 0.4) is 0 Å². The zero-order valence-electron chi connectivity index (χ0n) is 15.0. The SMILES string of the molecule is Cc1ncsc1CN(C)CC1CCN(C(=O)CCc2ccccn2)C1. The molecule has 0 N–H and O–H groups in total. The van der Waals surface area contributed by atoms with Crippen molar-refractivity contribution in [2.75, 3.05) is 26.7 Å². The predicted octanol–water partition coefficient (Wildman–Crippen LogP) is 2.76. The molecule has 0 bridgehead atoms. The van der Waals surface area contributed by atoms with E-state index in [0.717, 1.165) is 50.4 Å². The van der Waals surface area contributed by atoms with Gasteiger partial charge in [0, 0.05) is 49.4 Å². The summed E-state index contributed by atoms with van der Waals surface area (Å²) in [4.78, 5) is 26.8. The fraction of sp³-hybridized carbons (Fsp3) is 0.526. The van der Waals surface area contributed by atoms with Gasteiger partial charge in [-0.05, 0) is 44.9 Å². The number of amides is 1. The van der Waals surface area contributed by atoms with E-state index < -0.39 is 0 Å². The smallest absolute Gasteiger partial charge is 0.222 e. The first-order chi connectivity index (χ1) is 12.1. The lowest BCUT2D eigenvalue weighted by atomic mass is 10.1. The molecule has 5 nitrogen and oxygen atoms in total. The van der Waals surface area contributed by atoms with Crippen molar-refractivity contribution in [1.82, 2.24) is 19.8 Å². The topological polar surface area (TPSA) is 49.3 Å². The first-order valence-corrected chi connectivity index (χ1v) is 9.75. The van der Waals surface area contributed by atoms with Gasteiger partial charge in [0.05, 0.1) is 11.2 Å². The van der Waals surface area contributed by atoms with Gasteiger partial charge in [0.2, 0.25) is 5.91 Å². The second-order valence-electron chi connectivity index (χ2n) is 6.87. The monoisotopic (exact) mass is 358 g/mol. The van der Waals surface area contributed by atoms with Crippen LogP contribution in [0.1, 0.15) is 29.1 Å². The number of likely N-dealkylation sites (tertiary alicyclic amines) is 1. The largest absolute Gasteiger partial charge is 0.342 e. The van der Waals surface area contributed by atoms with Gasteiger partial charge in [0.1, 0.15) is 0 Å². The van der Waals surface area contributed by atoms with E-state index in [1.807, 2.05) is 28.6 Å². The molecule has 0 saturated carbocycles. The fourth-order valence-corrected chi connectivity index (χ4v) is 4.23. The Bertz CT molecular complexity index is 688. The molecule has 0 aliphatic carbocycles. The Morgan fingerprint density at radius 3 is 3.00 bits per heavy atom. The normalized spacial score (nSPS) is 17.4. The molecule has 1 aliphatic heterocycles. The van der Waals surface area contributed by atoms with Crippen molar-refractivity contribution in [2.45, 2.75) is 32.7 Å². The maximum Gasteiger partial charge on any atom is 0.222 e. The van der Waals surface area contributed by atoms with Gasteiger partial charge in [0.15, 0.2) is 0 Å².